The van der Waals surface area contributed by atoms with E-state index in [2.05, 4.69) is 0 Å². The number of esters is 1. The first kappa shape index (κ1) is 18.0. The van der Waals surface area contributed by atoms with Gasteiger partial charge in [0, 0.05) is 0 Å². The molecule has 1 N–H and O–H groups in total. The summed E-state index contributed by atoms with van der Waals surface area (Å²) in [6.07, 6.45) is -0.942. The van der Waals surface area contributed by atoms with E-state index in [-0.39, 0.29) is 5.56 Å². The lowest BCUT2D eigenvalue weighted by molar-refractivity contribution is -0.159. The van der Waals surface area contributed by atoms with Gasteiger partial charge in [0.1, 0.15) is 5.60 Å². The van der Waals surface area contributed by atoms with Gasteiger partial charge in [-0.15, -0.1) is 0 Å². The smallest absolute Gasteiger partial charge is 0.307 e. The fourth-order valence-electron chi connectivity index (χ4n) is 1.82. The van der Waals surface area contributed by atoms with Gasteiger partial charge in [-0.25, -0.2) is 13.2 Å². The lowest BCUT2D eigenvalue weighted by Crippen LogP contribution is -2.28. The molecular formula is C15H17F3O4. The number of hydrogen-bond acceptors (Lipinski definition) is 3. The van der Waals surface area contributed by atoms with E-state index in [4.69, 9.17) is 9.84 Å². The Labute approximate surface area is 125 Å². The highest BCUT2D eigenvalue weighted by Crippen LogP contribution is 2.21. The average molecular weight is 318 g/mol. The van der Waals surface area contributed by atoms with Crippen molar-refractivity contribution < 1.29 is 32.6 Å². The van der Waals surface area contributed by atoms with Crippen LogP contribution in [0.5, 0.6) is 0 Å². The molecule has 0 unspecified atom stereocenters. The minimum Gasteiger partial charge on any atom is -0.481 e. The van der Waals surface area contributed by atoms with Crippen molar-refractivity contribution in [3.8, 4) is 0 Å². The summed E-state index contributed by atoms with van der Waals surface area (Å²) >= 11 is 0. The summed E-state index contributed by atoms with van der Waals surface area (Å²) in [5.41, 5.74) is -1.09. The van der Waals surface area contributed by atoms with Gasteiger partial charge in [-0.1, -0.05) is 6.07 Å². The molecule has 122 valence electrons. The van der Waals surface area contributed by atoms with E-state index >= 15 is 0 Å². The standard InChI is InChI=1S/C15H17F3O4/c1-15(2,3)22-11(19)7-9(14(20)21)6-8-4-5-10(16)13(18)12(8)17/h4-5,9H,6-7H2,1-3H3,(H,20,21)/t9-/m1/s1. The van der Waals surface area contributed by atoms with Crippen molar-refractivity contribution in [3.63, 3.8) is 0 Å². The number of hydrogen-bond donors (Lipinski definition) is 1. The van der Waals surface area contributed by atoms with Crippen LogP contribution in [0.1, 0.15) is 32.8 Å². The predicted octanol–water partition coefficient (Wildman–Crippen LogP) is 3.08. The van der Waals surface area contributed by atoms with E-state index in [0.717, 1.165) is 6.07 Å². The largest absolute Gasteiger partial charge is 0.481 e. The molecule has 22 heavy (non-hydrogen) atoms. The van der Waals surface area contributed by atoms with Crippen LogP contribution in [-0.2, 0) is 20.7 Å². The van der Waals surface area contributed by atoms with E-state index in [1.54, 1.807) is 20.8 Å². The Hall–Kier alpha value is -2.05. The zero-order valence-electron chi connectivity index (χ0n) is 12.5. The molecule has 0 aliphatic carbocycles. The van der Waals surface area contributed by atoms with Crippen molar-refractivity contribution in [3.05, 3.63) is 35.1 Å². The normalized spacial score (nSPS) is 12.8. The van der Waals surface area contributed by atoms with Crippen molar-refractivity contribution in [2.24, 2.45) is 5.92 Å². The molecule has 0 amide bonds. The maximum atomic E-state index is 13.6. The monoisotopic (exact) mass is 318 g/mol. The Morgan fingerprint density at radius 2 is 1.77 bits per heavy atom. The van der Waals surface area contributed by atoms with Crippen molar-refractivity contribution in [2.75, 3.05) is 0 Å². The first-order valence-electron chi connectivity index (χ1n) is 6.58. The average Bonchev–Trinajstić information content (AvgIpc) is 2.36. The van der Waals surface area contributed by atoms with E-state index in [1.807, 2.05) is 0 Å². The molecular weight excluding hydrogens is 301 g/mol. The third-order valence-electron chi connectivity index (χ3n) is 2.76. The first-order chi connectivity index (χ1) is 10.0. The van der Waals surface area contributed by atoms with E-state index < -0.39 is 53.8 Å². The number of halogens is 3. The Morgan fingerprint density at radius 3 is 2.27 bits per heavy atom. The summed E-state index contributed by atoms with van der Waals surface area (Å²) in [7, 11) is 0. The Morgan fingerprint density at radius 1 is 1.18 bits per heavy atom. The topological polar surface area (TPSA) is 63.6 Å². The maximum Gasteiger partial charge on any atom is 0.307 e. The van der Waals surface area contributed by atoms with Crippen LogP contribution in [0.25, 0.3) is 0 Å². The minimum absolute atomic E-state index is 0.310. The first-order valence-corrected chi connectivity index (χ1v) is 6.58. The third-order valence-corrected chi connectivity index (χ3v) is 2.76. The van der Waals surface area contributed by atoms with Crippen molar-refractivity contribution in [1.82, 2.24) is 0 Å². The Kier molecular flexibility index (Phi) is 5.57. The van der Waals surface area contributed by atoms with Gasteiger partial charge < -0.3 is 9.84 Å². The van der Waals surface area contributed by atoms with Crippen LogP contribution in [0.3, 0.4) is 0 Å². The van der Waals surface area contributed by atoms with Gasteiger partial charge >= 0.3 is 11.9 Å². The molecule has 0 saturated heterocycles. The van der Waals surface area contributed by atoms with E-state index in [0.29, 0.717) is 6.07 Å². The second-order valence-corrected chi connectivity index (χ2v) is 5.86. The quantitative estimate of drug-likeness (QED) is 0.669. The fraction of sp³-hybridized carbons (Fsp3) is 0.467. The van der Waals surface area contributed by atoms with Crippen molar-refractivity contribution in [2.45, 2.75) is 39.2 Å². The molecule has 0 saturated carbocycles. The van der Waals surface area contributed by atoms with Gasteiger partial charge in [0.25, 0.3) is 0 Å². The van der Waals surface area contributed by atoms with Gasteiger partial charge in [0.2, 0.25) is 0 Å². The minimum atomic E-state index is -1.67. The van der Waals surface area contributed by atoms with Crippen LogP contribution in [0.2, 0.25) is 0 Å². The molecule has 0 aromatic heterocycles. The zero-order chi connectivity index (χ0) is 17.1. The molecule has 0 spiro atoms. The lowest BCUT2D eigenvalue weighted by atomic mass is 9.95. The number of carbonyl (C=O) groups excluding carboxylic acids is 1. The molecule has 1 aromatic rings. The lowest BCUT2D eigenvalue weighted by Gasteiger charge is -2.21. The maximum absolute atomic E-state index is 13.6. The van der Waals surface area contributed by atoms with Crippen LogP contribution in [-0.4, -0.2) is 22.6 Å². The van der Waals surface area contributed by atoms with Gasteiger partial charge in [-0.05, 0) is 38.8 Å². The second kappa shape index (κ2) is 6.81. The Bertz CT molecular complexity index is 579. The highest BCUT2D eigenvalue weighted by molar-refractivity contribution is 5.79. The van der Waals surface area contributed by atoms with Crippen LogP contribution < -0.4 is 0 Å². The second-order valence-electron chi connectivity index (χ2n) is 5.86. The van der Waals surface area contributed by atoms with Crippen LogP contribution in [0, 0.1) is 23.4 Å². The number of carbonyl (C=O) groups is 2. The molecule has 1 atom stereocenters. The molecule has 1 rings (SSSR count). The summed E-state index contributed by atoms with van der Waals surface area (Å²) in [6.45, 7) is 4.86. The fourth-order valence-corrected chi connectivity index (χ4v) is 1.82. The van der Waals surface area contributed by atoms with Gasteiger partial charge in [-0.2, -0.15) is 0 Å². The molecule has 0 heterocycles. The molecule has 0 aliphatic heterocycles. The highest BCUT2D eigenvalue weighted by atomic mass is 19.2. The summed E-state index contributed by atoms with van der Waals surface area (Å²) in [5, 5.41) is 9.10. The molecule has 0 radical (unpaired) electrons. The van der Waals surface area contributed by atoms with Gasteiger partial charge in [0.15, 0.2) is 17.5 Å². The number of rotatable bonds is 5. The van der Waals surface area contributed by atoms with Crippen LogP contribution in [0.15, 0.2) is 12.1 Å². The highest BCUT2D eigenvalue weighted by Gasteiger charge is 2.27. The van der Waals surface area contributed by atoms with Gasteiger partial charge in [0.05, 0.1) is 12.3 Å². The molecule has 0 aliphatic rings. The Balaban J connectivity index is 2.88. The van der Waals surface area contributed by atoms with E-state index in [1.165, 1.54) is 0 Å². The predicted molar refractivity (Wildman–Crippen MR) is 71.6 cm³/mol. The third kappa shape index (κ3) is 5.05. The van der Waals surface area contributed by atoms with Crippen molar-refractivity contribution >= 4 is 11.9 Å². The number of benzene rings is 1. The van der Waals surface area contributed by atoms with Gasteiger partial charge in [-0.3, -0.25) is 9.59 Å². The summed E-state index contributed by atoms with van der Waals surface area (Å²) in [4.78, 5) is 22.8. The summed E-state index contributed by atoms with van der Waals surface area (Å²) < 4.78 is 44.6. The summed E-state index contributed by atoms with van der Waals surface area (Å²) in [5.74, 6) is -7.89. The molecule has 0 fully saturated rings. The molecule has 0 bridgehead atoms. The number of ether oxygens (including phenoxy) is 1. The zero-order valence-corrected chi connectivity index (χ0v) is 12.5. The molecule has 1 aromatic carbocycles. The van der Waals surface area contributed by atoms with E-state index in [9.17, 15) is 22.8 Å². The number of carboxylic acid groups (broad SMARTS) is 1. The SMILES string of the molecule is CC(C)(C)OC(=O)C[C@@H](Cc1ccc(F)c(F)c1F)C(=O)O. The van der Waals surface area contributed by atoms with Crippen molar-refractivity contribution in [1.29, 1.82) is 0 Å². The number of aliphatic carboxylic acids is 1. The number of carboxylic acids is 1. The van der Waals surface area contributed by atoms with Crippen LogP contribution >= 0.6 is 0 Å². The van der Waals surface area contributed by atoms with Crippen LogP contribution in [0.4, 0.5) is 13.2 Å². The molecule has 7 heteroatoms. The molecule has 4 nitrogen and oxygen atoms in total. The summed E-state index contributed by atoms with van der Waals surface area (Å²) in [6, 6.07) is 1.67.